The molecule has 0 bridgehead atoms. The SMILES string of the molecule is CC[C@H](NC(=O)OCc1ccccc1)C(=O)C(F)(F)F. The van der Waals surface area contributed by atoms with E-state index in [0.29, 0.717) is 5.56 Å². The first-order valence-corrected chi connectivity index (χ1v) is 5.92. The molecule has 1 rings (SSSR count). The molecule has 0 saturated carbocycles. The number of benzene rings is 1. The zero-order chi connectivity index (χ0) is 15.2. The first-order valence-electron chi connectivity index (χ1n) is 5.92. The third-order valence-corrected chi connectivity index (χ3v) is 2.51. The molecule has 0 aromatic heterocycles. The van der Waals surface area contributed by atoms with Gasteiger partial charge in [0.2, 0.25) is 0 Å². The molecule has 0 aliphatic heterocycles. The van der Waals surface area contributed by atoms with Crippen LogP contribution in [0.2, 0.25) is 0 Å². The molecule has 0 radical (unpaired) electrons. The highest BCUT2D eigenvalue weighted by atomic mass is 19.4. The van der Waals surface area contributed by atoms with Gasteiger partial charge in [0.15, 0.2) is 0 Å². The molecule has 1 amide bonds. The van der Waals surface area contributed by atoms with Crippen LogP contribution in [0.3, 0.4) is 0 Å². The fourth-order valence-electron chi connectivity index (χ4n) is 1.46. The maximum Gasteiger partial charge on any atom is 0.452 e. The van der Waals surface area contributed by atoms with Crippen LogP contribution in [0.25, 0.3) is 0 Å². The first kappa shape index (κ1) is 16.0. The highest BCUT2D eigenvalue weighted by molar-refractivity contribution is 5.91. The van der Waals surface area contributed by atoms with Crippen LogP contribution in [0.1, 0.15) is 18.9 Å². The maximum atomic E-state index is 12.2. The number of amides is 1. The van der Waals surface area contributed by atoms with Crippen LogP contribution >= 0.6 is 0 Å². The van der Waals surface area contributed by atoms with E-state index in [1.165, 1.54) is 6.92 Å². The van der Waals surface area contributed by atoms with E-state index in [9.17, 15) is 22.8 Å². The van der Waals surface area contributed by atoms with E-state index in [2.05, 4.69) is 0 Å². The summed E-state index contributed by atoms with van der Waals surface area (Å²) in [6, 6.07) is 7.02. The number of carbonyl (C=O) groups excluding carboxylic acids is 2. The van der Waals surface area contributed by atoms with Crippen molar-refractivity contribution in [3.8, 4) is 0 Å². The second-order valence-electron chi connectivity index (χ2n) is 4.03. The summed E-state index contributed by atoms with van der Waals surface area (Å²) >= 11 is 0. The highest BCUT2D eigenvalue weighted by Crippen LogP contribution is 2.19. The van der Waals surface area contributed by atoms with Crippen molar-refractivity contribution in [3.63, 3.8) is 0 Å². The van der Waals surface area contributed by atoms with Crippen molar-refractivity contribution in [2.75, 3.05) is 0 Å². The van der Waals surface area contributed by atoms with E-state index in [1.54, 1.807) is 30.3 Å². The molecule has 1 N–H and O–H groups in total. The molecule has 0 saturated heterocycles. The number of Topliss-reactive ketones (excluding diaryl/α,β-unsaturated/α-hetero) is 1. The Labute approximate surface area is 113 Å². The average molecular weight is 289 g/mol. The fourth-order valence-corrected chi connectivity index (χ4v) is 1.46. The van der Waals surface area contributed by atoms with Crippen LogP contribution in [-0.2, 0) is 16.1 Å². The van der Waals surface area contributed by atoms with Gasteiger partial charge in [0.25, 0.3) is 5.78 Å². The van der Waals surface area contributed by atoms with Gasteiger partial charge in [-0.05, 0) is 12.0 Å². The Bertz CT molecular complexity index is 460. The van der Waals surface area contributed by atoms with Gasteiger partial charge in [-0.1, -0.05) is 37.3 Å². The molecule has 20 heavy (non-hydrogen) atoms. The van der Waals surface area contributed by atoms with Gasteiger partial charge in [0.1, 0.15) is 12.6 Å². The molecule has 4 nitrogen and oxygen atoms in total. The van der Waals surface area contributed by atoms with E-state index in [4.69, 9.17) is 4.74 Å². The number of alkyl halides is 3. The second kappa shape index (κ2) is 6.93. The van der Waals surface area contributed by atoms with E-state index in [-0.39, 0.29) is 13.0 Å². The van der Waals surface area contributed by atoms with Crippen LogP contribution in [0.15, 0.2) is 30.3 Å². The van der Waals surface area contributed by atoms with Crippen LogP contribution < -0.4 is 5.32 Å². The summed E-state index contributed by atoms with van der Waals surface area (Å²) in [5.41, 5.74) is 0.692. The van der Waals surface area contributed by atoms with Gasteiger partial charge in [-0.15, -0.1) is 0 Å². The second-order valence-corrected chi connectivity index (χ2v) is 4.03. The van der Waals surface area contributed by atoms with Crippen molar-refractivity contribution in [3.05, 3.63) is 35.9 Å². The summed E-state index contributed by atoms with van der Waals surface area (Å²) in [7, 11) is 0. The number of ether oxygens (including phenoxy) is 1. The molecule has 0 unspecified atom stereocenters. The summed E-state index contributed by atoms with van der Waals surface area (Å²) in [6.45, 7) is 1.29. The molecular formula is C13H14F3NO3. The number of carbonyl (C=O) groups is 2. The summed E-state index contributed by atoms with van der Waals surface area (Å²) in [5, 5.41) is 1.91. The lowest BCUT2D eigenvalue weighted by Crippen LogP contribution is -2.46. The lowest BCUT2D eigenvalue weighted by Gasteiger charge is -2.17. The zero-order valence-corrected chi connectivity index (χ0v) is 10.7. The quantitative estimate of drug-likeness (QED) is 0.906. The summed E-state index contributed by atoms with van der Waals surface area (Å²) < 4.78 is 41.5. The van der Waals surface area contributed by atoms with Crippen molar-refractivity contribution < 1.29 is 27.5 Å². The molecule has 7 heteroatoms. The Morgan fingerprint density at radius 3 is 2.35 bits per heavy atom. The number of halogens is 3. The van der Waals surface area contributed by atoms with Gasteiger partial charge < -0.3 is 10.1 Å². The van der Waals surface area contributed by atoms with Crippen LogP contribution in [0, 0.1) is 0 Å². The molecule has 1 aromatic rings. The maximum absolute atomic E-state index is 12.2. The minimum absolute atomic E-state index is 0.0800. The van der Waals surface area contributed by atoms with E-state index in [1.807, 2.05) is 5.32 Å². The molecule has 0 heterocycles. The van der Waals surface area contributed by atoms with Gasteiger partial charge in [-0.25, -0.2) is 4.79 Å². The van der Waals surface area contributed by atoms with E-state index < -0.39 is 24.1 Å². The Kier molecular flexibility index (Phi) is 5.54. The third kappa shape index (κ3) is 4.91. The van der Waals surface area contributed by atoms with E-state index >= 15 is 0 Å². The smallest absolute Gasteiger partial charge is 0.445 e. The Hall–Kier alpha value is -2.05. The highest BCUT2D eigenvalue weighted by Gasteiger charge is 2.43. The van der Waals surface area contributed by atoms with Gasteiger partial charge in [-0.2, -0.15) is 13.2 Å². The fraction of sp³-hybridized carbons (Fsp3) is 0.385. The molecule has 110 valence electrons. The number of nitrogens with one attached hydrogen (secondary N) is 1. The largest absolute Gasteiger partial charge is 0.452 e. The van der Waals surface area contributed by atoms with Crippen molar-refractivity contribution in [1.82, 2.24) is 5.32 Å². The normalized spacial score (nSPS) is 12.6. The number of hydrogen-bond donors (Lipinski definition) is 1. The topological polar surface area (TPSA) is 55.4 Å². The Morgan fingerprint density at radius 2 is 1.85 bits per heavy atom. The van der Waals surface area contributed by atoms with Crippen LogP contribution in [0.4, 0.5) is 18.0 Å². The number of hydrogen-bond acceptors (Lipinski definition) is 3. The van der Waals surface area contributed by atoms with Gasteiger partial charge in [0, 0.05) is 0 Å². The zero-order valence-electron chi connectivity index (χ0n) is 10.7. The van der Waals surface area contributed by atoms with Crippen molar-refractivity contribution in [2.24, 2.45) is 0 Å². The average Bonchev–Trinajstić information content (AvgIpc) is 2.42. The summed E-state index contributed by atoms with van der Waals surface area (Å²) in [4.78, 5) is 22.4. The molecule has 1 atom stereocenters. The first-order chi connectivity index (χ1) is 9.34. The van der Waals surface area contributed by atoms with E-state index in [0.717, 1.165) is 0 Å². The predicted octanol–water partition coefficient (Wildman–Crippen LogP) is 2.82. The third-order valence-electron chi connectivity index (χ3n) is 2.51. The van der Waals surface area contributed by atoms with Crippen molar-refractivity contribution in [2.45, 2.75) is 32.2 Å². The summed E-state index contributed by atoms with van der Waals surface area (Å²) in [5.74, 6) is -1.99. The lowest BCUT2D eigenvalue weighted by molar-refractivity contribution is -0.173. The number of alkyl carbamates (subject to hydrolysis) is 1. The Morgan fingerprint density at radius 1 is 1.25 bits per heavy atom. The predicted molar refractivity (Wildman–Crippen MR) is 64.9 cm³/mol. The van der Waals surface area contributed by atoms with Gasteiger partial charge in [0.05, 0.1) is 0 Å². The van der Waals surface area contributed by atoms with Gasteiger partial charge in [-0.3, -0.25) is 4.79 Å². The molecule has 0 spiro atoms. The standard InChI is InChI=1S/C13H14F3NO3/c1-2-10(11(18)13(14,15)16)17-12(19)20-8-9-6-4-3-5-7-9/h3-7,10H,2,8H2,1H3,(H,17,19)/t10-/m0/s1. The number of ketones is 1. The molecule has 0 fully saturated rings. The summed E-state index contributed by atoms with van der Waals surface area (Å²) in [6.07, 6.45) is -6.20. The molecule has 0 aliphatic carbocycles. The number of rotatable bonds is 5. The minimum Gasteiger partial charge on any atom is -0.445 e. The van der Waals surface area contributed by atoms with Crippen molar-refractivity contribution >= 4 is 11.9 Å². The van der Waals surface area contributed by atoms with Crippen molar-refractivity contribution in [1.29, 1.82) is 0 Å². The lowest BCUT2D eigenvalue weighted by atomic mass is 10.1. The van der Waals surface area contributed by atoms with Gasteiger partial charge >= 0.3 is 12.3 Å². The minimum atomic E-state index is -4.98. The van der Waals surface area contributed by atoms with Crippen LogP contribution in [-0.4, -0.2) is 24.1 Å². The molecule has 0 aliphatic rings. The van der Waals surface area contributed by atoms with Crippen LogP contribution in [0.5, 0.6) is 0 Å². The molecular weight excluding hydrogens is 275 g/mol. The molecule has 1 aromatic carbocycles. The Balaban J connectivity index is 2.50. The monoisotopic (exact) mass is 289 g/mol.